The average molecular weight is 488 g/mol. The molecule has 1 aliphatic rings. The van der Waals surface area contributed by atoms with Crippen molar-refractivity contribution in [3.05, 3.63) is 58.1 Å². The van der Waals surface area contributed by atoms with E-state index in [0.29, 0.717) is 48.2 Å². The van der Waals surface area contributed by atoms with Crippen LogP contribution in [0.15, 0.2) is 46.9 Å². The number of nitrogens with one attached hydrogen (secondary N) is 1. The fourth-order valence-corrected chi connectivity index (χ4v) is 3.72. The van der Waals surface area contributed by atoms with Crippen LogP contribution in [0.5, 0.6) is 5.75 Å². The lowest BCUT2D eigenvalue weighted by molar-refractivity contribution is 0.0665. The normalized spacial score (nSPS) is 14.5. The van der Waals surface area contributed by atoms with Crippen LogP contribution in [0.3, 0.4) is 0 Å². The van der Waals surface area contributed by atoms with Crippen molar-refractivity contribution in [3.8, 4) is 5.75 Å². The van der Waals surface area contributed by atoms with Gasteiger partial charge in [0.15, 0.2) is 0 Å². The van der Waals surface area contributed by atoms with Crippen LogP contribution in [0.1, 0.15) is 41.0 Å². The topological polar surface area (TPSA) is 61.9 Å². The van der Waals surface area contributed by atoms with Crippen LogP contribution in [-0.4, -0.2) is 61.4 Å². The van der Waals surface area contributed by atoms with Gasteiger partial charge in [-0.15, -0.1) is 0 Å². The van der Waals surface area contributed by atoms with Gasteiger partial charge in [-0.3, -0.25) is 9.59 Å². The third kappa shape index (κ3) is 6.31. The van der Waals surface area contributed by atoms with E-state index in [4.69, 9.17) is 4.74 Å². The molecule has 1 N–H and O–H groups in total. The number of benzene rings is 2. The van der Waals surface area contributed by atoms with E-state index in [-0.39, 0.29) is 11.8 Å². The standard InChI is InChI=1S/C24H30BrN3O3/c1-17(2)10-15-31-22-9-8-18(25)16-20(22)23(29)26-21-7-5-4-6-19(21)24(30)28-13-11-27(3)12-14-28/h4-9,16-17H,10-15H2,1-3H3,(H,26,29). The van der Waals surface area contributed by atoms with E-state index in [2.05, 4.69) is 47.0 Å². The number of ether oxygens (including phenoxy) is 1. The minimum Gasteiger partial charge on any atom is -0.493 e. The van der Waals surface area contributed by atoms with E-state index in [9.17, 15) is 9.59 Å². The number of hydrogen-bond acceptors (Lipinski definition) is 4. The molecule has 2 amide bonds. The SMILES string of the molecule is CC(C)CCOc1ccc(Br)cc1C(=O)Nc1ccccc1C(=O)N1CCN(C)CC1. The Morgan fingerprint density at radius 3 is 2.48 bits per heavy atom. The van der Waals surface area contributed by atoms with Gasteiger partial charge in [0, 0.05) is 30.7 Å². The molecular formula is C24H30BrN3O3. The molecule has 31 heavy (non-hydrogen) atoms. The second-order valence-corrected chi connectivity index (χ2v) is 9.18. The Labute approximate surface area is 192 Å². The molecular weight excluding hydrogens is 458 g/mol. The summed E-state index contributed by atoms with van der Waals surface area (Å²) < 4.78 is 6.67. The summed E-state index contributed by atoms with van der Waals surface area (Å²) in [7, 11) is 2.05. The Kier molecular flexibility index (Phi) is 8.09. The second-order valence-electron chi connectivity index (χ2n) is 8.27. The van der Waals surface area contributed by atoms with Gasteiger partial charge in [-0.25, -0.2) is 0 Å². The van der Waals surface area contributed by atoms with Crippen molar-refractivity contribution in [3.63, 3.8) is 0 Å². The molecule has 3 rings (SSSR count). The van der Waals surface area contributed by atoms with Crippen molar-refractivity contribution in [2.24, 2.45) is 5.92 Å². The summed E-state index contributed by atoms with van der Waals surface area (Å²) in [6.07, 6.45) is 0.902. The maximum atomic E-state index is 13.1. The molecule has 1 heterocycles. The monoisotopic (exact) mass is 487 g/mol. The van der Waals surface area contributed by atoms with Crippen molar-refractivity contribution in [2.75, 3.05) is 45.2 Å². The maximum Gasteiger partial charge on any atom is 0.259 e. The number of anilines is 1. The minimum atomic E-state index is -0.306. The molecule has 1 saturated heterocycles. The van der Waals surface area contributed by atoms with Gasteiger partial charge in [0.2, 0.25) is 0 Å². The lowest BCUT2D eigenvalue weighted by Gasteiger charge is -2.32. The first kappa shape index (κ1) is 23.3. The molecule has 0 unspecified atom stereocenters. The largest absolute Gasteiger partial charge is 0.493 e. The summed E-state index contributed by atoms with van der Waals surface area (Å²) >= 11 is 3.44. The van der Waals surface area contributed by atoms with Crippen molar-refractivity contribution in [2.45, 2.75) is 20.3 Å². The molecule has 7 heteroatoms. The molecule has 6 nitrogen and oxygen atoms in total. The zero-order chi connectivity index (χ0) is 22.4. The summed E-state index contributed by atoms with van der Waals surface area (Å²) in [6.45, 7) is 7.84. The predicted molar refractivity (Wildman–Crippen MR) is 127 cm³/mol. The Bertz CT molecular complexity index is 924. The Morgan fingerprint density at radius 1 is 1.06 bits per heavy atom. The summed E-state index contributed by atoms with van der Waals surface area (Å²) in [5, 5.41) is 2.92. The number of rotatable bonds is 7. The number of carbonyl (C=O) groups is 2. The number of halogens is 1. The van der Waals surface area contributed by atoms with E-state index >= 15 is 0 Å². The number of para-hydroxylation sites is 1. The number of nitrogens with zero attached hydrogens (tertiary/aromatic N) is 2. The molecule has 0 spiro atoms. The average Bonchev–Trinajstić information content (AvgIpc) is 2.75. The van der Waals surface area contributed by atoms with Gasteiger partial charge in [0.05, 0.1) is 23.4 Å². The van der Waals surface area contributed by atoms with Crippen LogP contribution in [0.25, 0.3) is 0 Å². The van der Waals surface area contributed by atoms with Crippen LogP contribution in [0.2, 0.25) is 0 Å². The predicted octanol–water partition coefficient (Wildman–Crippen LogP) is 4.51. The van der Waals surface area contributed by atoms with Gasteiger partial charge < -0.3 is 19.9 Å². The third-order valence-corrected chi connectivity index (χ3v) is 5.83. The molecule has 0 atom stereocenters. The van der Waals surface area contributed by atoms with Crippen molar-refractivity contribution < 1.29 is 14.3 Å². The summed E-state index contributed by atoms with van der Waals surface area (Å²) in [5.41, 5.74) is 1.43. The van der Waals surface area contributed by atoms with Crippen LogP contribution in [-0.2, 0) is 0 Å². The van der Waals surface area contributed by atoms with Crippen LogP contribution in [0.4, 0.5) is 5.69 Å². The highest BCUT2D eigenvalue weighted by Gasteiger charge is 2.23. The Hall–Kier alpha value is -2.38. The molecule has 1 fully saturated rings. The first-order valence-electron chi connectivity index (χ1n) is 10.7. The highest BCUT2D eigenvalue weighted by molar-refractivity contribution is 9.10. The van der Waals surface area contributed by atoms with Crippen molar-refractivity contribution >= 4 is 33.4 Å². The minimum absolute atomic E-state index is 0.0633. The Morgan fingerprint density at radius 2 is 1.77 bits per heavy atom. The molecule has 2 aromatic carbocycles. The maximum absolute atomic E-state index is 13.1. The van der Waals surface area contributed by atoms with Gasteiger partial charge in [0.25, 0.3) is 11.8 Å². The number of amides is 2. The van der Waals surface area contributed by atoms with Crippen LogP contribution >= 0.6 is 15.9 Å². The van der Waals surface area contributed by atoms with E-state index < -0.39 is 0 Å². The van der Waals surface area contributed by atoms with Crippen molar-refractivity contribution in [1.29, 1.82) is 0 Å². The Balaban J connectivity index is 1.78. The number of piperazine rings is 1. The zero-order valence-corrected chi connectivity index (χ0v) is 19.9. The van der Waals surface area contributed by atoms with E-state index in [1.165, 1.54) is 0 Å². The molecule has 0 saturated carbocycles. The van der Waals surface area contributed by atoms with E-state index in [0.717, 1.165) is 24.0 Å². The highest BCUT2D eigenvalue weighted by atomic mass is 79.9. The van der Waals surface area contributed by atoms with E-state index in [1.54, 1.807) is 24.3 Å². The summed E-state index contributed by atoms with van der Waals surface area (Å²) in [6, 6.07) is 12.5. The molecule has 166 valence electrons. The summed E-state index contributed by atoms with van der Waals surface area (Å²) in [4.78, 5) is 30.3. The molecule has 1 aliphatic heterocycles. The molecule has 0 aromatic heterocycles. The third-order valence-electron chi connectivity index (χ3n) is 5.34. The molecule has 2 aromatic rings. The zero-order valence-electron chi connectivity index (χ0n) is 18.4. The van der Waals surface area contributed by atoms with Gasteiger partial charge >= 0.3 is 0 Å². The van der Waals surface area contributed by atoms with Crippen LogP contribution < -0.4 is 10.1 Å². The van der Waals surface area contributed by atoms with Crippen molar-refractivity contribution in [1.82, 2.24) is 9.80 Å². The molecule has 0 bridgehead atoms. The number of likely N-dealkylation sites (N-methyl/N-ethyl adjacent to an activating group) is 1. The second kappa shape index (κ2) is 10.8. The van der Waals surface area contributed by atoms with E-state index in [1.807, 2.05) is 23.1 Å². The fourth-order valence-electron chi connectivity index (χ4n) is 3.36. The quantitative estimate of drug-likeness (QED) is 0.623. The smallest absolute Gasteiger partial charge is 0.259 e. The first-order chi connectivity index (χ1) is 14.8. The van der Waals surface area contributed by atoms with Gasteiger partial charge in [-0.05, 0) is 49.7 Å². The first-order valence-corrected chi connectivity index (χ1v) is 11.4. The lowest BCUT2D eigenvalue weighted by atomic mass is 10.1. The summed E-state index contributed by atoms with van der Waals surface area (Å²) in [5.74, 6) is 0.676. The molecule has 0 radical (unpaired) electrons. The lowest BCUT2D eigenvalue weighted by Crippen LogP contribution is -2.47. The highest BCUT2D eigenvalue weighted by Crippen LogP contribution is 2.26. The van der Waals surface area contributed by atoms with Gasteiger partial charge in [-0.1, -0.05) is 41.9 Å². The molecule has 0 aliphatic carbocycles. The number of carbonyl (C=O) groups excluding carboxylic acids is 2. The fraction of sp³-hybridized carbons (Fsp3) is 0.417. The number of hydrogen-bond donors (Lipinski definition) is 1. The van der Waals surface area contributed by atoms with Gasteiger partial charge in [-0.2, -0.15) is 0 Å². The van der Waals surface area contributed by atoms with Gasteiger partial charge in [0.1, 0.15) is 5.75 Å². The van der Waals surface area contributed by atoms with Crippen LogP contribution in [0, 0.1) is 5.92 Å².